The van der Waals surface area contributed by atoms with Crippen LogP contribution in [-0.4, -0.2) is 98.3 Å². The second kappa shape index (κ2) is 39.3. The van der Waals surface area contributed by atoms with Crippen molar-refractivity contribution in [1.82, 2.24) is 0 Å². The monoisotopic (exact) mass is 917 g/mol. The van der Waals surface area contributed by atoms with Gasteiger partial charge in [-0.3, -0.25) is 18.6 Å². The smallest absolute Gasteiger partial charge is 0.462 e. The van der Waals surface area contributed by atoms with Gasteiger partial charge >= 0.3 is 19.8 Å². The molecule has 0 heterocycles. The molecule has 1 saturated carbocycles. The largest absolute Gasteiger partial charge is 0.472 e. The first kappa shape index (κ1) is 59.1. The Morgan fingerprint density at radius 3 is 1.33 bits per heavy atom. The summed E-state index contributed by atoms with van der Waals surface area (Å²) in [5.41, 5.74) is 0. The Hall–Kier alpha value is -1.93. The summed E-state index contributed by atoms with van der Waals surface area (Å²) in [4.78, 5) is 35.8. The van der Waals surface area contributed by atoms with Crippen molar-refractivity contribution in [2.75, 3.05) is 13.2 Å². The summed E-state index contributed by atoms with van der Waals surface area (Å²) in [6.45, 7) is 3.28. The minimum Gasteiger partial charge on any atom is -0.462 e. The van der Waals surface area contributed by atoms with E-state index in [1.807, 2.05) is 0 Å². The van der Waals surface area contributed by atoms with E-state index in [1.54, 1.807) is 0 Å². The molecule has 1 aliphatic carbocycles. The van der Waals surface area contributed by atoms with Crippen LogP contribution in [0.25, 0.3) is 0 Å². The van der Waals surface area contributed by atoms with Crippen LogP contribution in [0.5, 0.6) is 0 Å². The molecule has 0 aromatic heterocycles. The van der Waals surface area contributed by atoms with Gasteiger partial charge in [0.2, 0.25) is 0 Å². The second-order valence-electron chi connectivity index (χ2n) is 17.3. The van der Waals surface area contributed by atoms with E-state index in [1.165, 1.54) is 89.9 Å². The molecule has 13 nitrogen and oxygen atoms in total. The van der Waals surface area contributed by atoms with E-state index in [0.717, 1.165) is 77.0 Å². The molecule has 1 fully saturated rings. The van der Waals surface area contributed by atoms with Gasteiger partial charge in [0.25, 0.3) is 0 Å². The fraction of sp³-hybridized carbons (Fsp3) is 0.837. The average Bonchev–Trinajstić information content (AvgIpc) is 3.26. The summed E-state index contributed by atoms with van der Waals surface area (Å²) in [6.07, 6.45) is 31.8. The molecule has 0 saturated heterocycles. The first-order valence-electron chi connectivity index (χ1n) is 24.8. The fourth-order valence-corrected chi connectivity index (χ4v) is 8.40. The highest BCUT2D eigenvalue weighted by molar-refractivity contribution is 7.47. The minimum atomic E-state index is -5.12. The fourth-order valence-electron chi connectivity index (χ4n) is 7.43. The number of unbranched alkanes of at least 4 members (excludes halogenated alkanes) is 23. The van der Waals surface area contributed by atoms with Crippen molar-refractivity contribution in [3.8, 4) is 0 Å². The van der Waals surface area contributed by atoms with Crippen molar-refractivity contribution in [3.63, 3.8) is 0 Å². The lowest BCUT2D eigenvalue weighted by Gasteiger charge is -2.41. The first-order chi connectivity index (χ1) is 30.4. The number of phosphoric acid groups is 1. The Labute approximate surface area is 380 Å². The molecule has 1 aliphatic rings. The van der Waals surface area contributed by atoms with E-state index < -0.39 is 75.7 Å². The summed E-state index contributed by atoms with van der Waals surface area (Å²) in [7, 11) is -5.12. The number of carbonyl (C=O) groups is 2. The van der Waals surface area contributed by atoms with Gasteiger partial charge in [-0.05, 0) is 70.6 Å². The van der Waals surface area contributed by atoms with E-state index in [9.17, 15) is 44.6 Å². The highest BCUT2D eigenvalue weighted by Crippen LogP contribution is 2.47. The van der Waals surface area contributed by atoms with Gasteiger partial charge in [0.05, 0.1) is 6.61 Å². The molecule has 6 N–H and O–H groups in total. The lowest BCUT2D eigenvalue weighted by Crippen LogP contribution is -2.64. The van der Waals surface area contributed by atoms with Gasteiger partial charge in [-0.15, -0.1) is 0 Å². The Morgan fingerprint density at radius 1 is 0.492 bits per heavy atom. The van der Waals surface area contributed by atoms with Crippen LogP contribution in [0.15, 0.2) is 36.5 Å². The first-order valence-corrected chi connectivity index (χ1v) is 26.3. The molecule has 0 aromatic rings. The zero-order valence-corrected chi connectivity index (χ0v) is 40.0. The molecule has 0 spiro atoms. The topological polar surface area (TPSA) is 210 Å². The Balaban J connectivity index is 2.43. The maximum atomic E-state index is 12.8. The van der Waals surface area contributed by atoms with E-state index >= 15 is 0 Å². The number of phosphoric ester groups is 1. The van der Waals surface area contributed by atoms with E-state index in [0.29, 0.717) is 12.8 Å². The van der Waals surface area contributed by atoms with Gasteiger partial charge in [-0.2, -0.15) is 0 Å². The predicted molar refractivity (Wildman–Crippen MR) is 249 cm³/mol. The van der Waals surface area contributed by atoms with Crippen molar-refractivity contribution in [2.24, 2.45) is 0 Å². The van der Waals surface area contributed by atoms with Crippen LogP contribution in [0.3, 0.4) is 0 Å². The minimum absolute atomic E-state index is 0.0905. The summed E-state index contributed by atoms with van der Waals surface area (Å²) >= 11 is 0. The Kier molecular flexibility index (Phi) is 36.8. The lowest BCUT2D eigenvalue weighted by molar-refractivity contribution is -0.220. The summed E-state index contributed by atoms with van der Waals surface area (Å²) in [5.74, 6) is -1.11. The summed E-state index contributed by atoms with van der Waals surface area (Å²) in [5, 5.41) is 50.2. The molecule has 14 heteroatoms. The molecule has 8 atom stereocenters. The molecule has 1 rings (SSSR count). The molecular weight excluding hydrogens is 827 g/mol. The normalized spacial score (nSPS) is 22.0. The maximum absolute atomic E-state index is 12.8. The van der Waals surface area contributed by atoms with Crippen LogP contribution >= 0.6 is 7.82 Å². The molecule has 0 aromatic carbocycles. The van der Waals surface area contributed by atoms with Crippen molar-refractivity contribution in [1.29, 1.82) is 0 Å². The predicted octanol–water partition coefficient (Wildman–Crippen LogP) is 10.2. The second-order valence-corrected chi connectivity index (χ2v) is 18.7. The van der Waals surface area contributed by atoms with Gasteiger partial charge in [0.1, 0.15) is 43.2 Å². The van der Waals surface area contributed by atoms with Crippen LogP contribution < -0.4 is 0 Å². The highest BCUT2D eigenvalue weighted by Gasteiger charge is 2.51. The van der Waals surface area contributed by atoms with Gasteiger partial charge in [-0.25, -0.2) is 4.57 Å². The number of hydrogen-bond acceptors (Lipinski definition) is 12. The molecule has 0 radical (unpaired) electrons. The van der Waals surface area contributed by atoms with Crippen molar-refractivity contribution in [3.05, 3.63) is 36.5 Å². The number of rotatable bonds is 41. The van der Waals surface area contributed by atoms with Crippen molar-refractivity contribution in [2.45, 2.75) is 249 Å². The van der Waals surface area contributed by atoms with Crippen LogP contribution in [0.2, 0.25) is 0 Å². The van der Waals surface area contributed by atoms with E-state index in [-0.39, 0.29) is 12.8 Å². The third kappa shape index (κ3) is 31.6. The Bertz CT molecular complexity index is 1240. The molecule has 63 heavy (non-hydrogen) atoms. The summed E-state index contributed by atoms with van der Waals surface area (Å²) in [6, 6.07) is 0. The number of esters is 2. The molecule has 0 amide bonds. The number of ether oxygens (including phenoxy) is 2. The SMILES string of the molecule is CCCCC/C=C\C/C=C\CCCCCCCCCC(=O)OC[C@H](COP(=O)(O)OC1C(O)C(O)C(O)[C@@H](O)C1O)OC(=O)CCCCCCCCC/C=C\CCCCCCCC. The zero-order valence-electron chi connectivity index (χ0n) is 39.1. The number of aliphatic hydroxyl groups excluding tert-OH is 5. The number of aliphatic hydroxyl groups is 5. The molecule has 6 unspecified atom stereocenters. The standard InChI is InChI=1S/C49H89O13P/c1-3-5-7-9-11-13-15-17-19-21-23-25-27-29-31-33-35-37-42(50)59-39-41(40-60-63(57,58)62-49-47(55)45(53)44(52)46(54)48(49)56)61-43(51)38-36-34-32-30-28-26-24-22-20-18-16-14-12-10-8-6-4-2/h11,13,17-20,41,44-49,52-56H,3-10,12,14-16,21-40H2,1-2H3,(H,57,58)/b13-11-,19-17-,20-18-/t41-,44?,45-,46?,47?,48?,49?/m1/s1. The molecule has 0 aliphatic heterocycles. The van der Waals surface area contributed by atoms with Crippen molar-refractivity contribution < 1.29 is 63.1 Å². The molecule has 0 bridgehead atoms. The van der Waals surface area contributed by atoms with Crippen LogP contribution in [-0.2, 0) is 32.7 Å². The maximum Gasteiger partial charge on any atom is 0.472 e. The van der Waals surface area contributed by atoms with Gasteiger partial charge in [-0.1, -0.05) is 159 Å². The zero-order chi connectivity index (χ0) is 46.4. The van der Waals surface area contributed by atoms with E-state index in [2.05, 4.69) is 50.3 Å². The van der Waals surface area contributed by atoms with Gasteiger partial charge < -0.3 is 39.9 Å². The van der Waals surface area contributed by atoms with Gasteiger partial charge in [0, 0.05) is 12.8 Å². The lowest BCUT2D eigenvalue weighted by atomic mass is 9.85. The molecule has 368 valence electrons. The van der Waals surface area contributed by atoms with Gasteiger partial charge in [0.15, 0.2) is 6.10 Å². The van der Waals surface area contributed by atoms with Crippen LogP contribution in [0, 0.1) is 0 Å². The number of hydrogen-bond donors (Lipinski definition) is 6. The quantitative estimate of drug-likeness (QED) is 0.0146. The van der Waals surface area contributed by atoms with Crippen molar-refractivity contribution >= 4 is 19.8 Å². The highest BCUT2D eigenvalue weighted by atomic mass is 31.2. The summed E-state index contributed by atoms with van der Waals surface area (Å²) < 4.78 is 33.6. The Morgan fingerprint density at radius 2 is 0.857 bits per heavy atom. The van der Waals surface area contributed by atoms with Crippen LogP contribution in [0.1, 0.15) is 206 Å². The third-order valence-electron chi connectivity index (χ3n) is 11.5. The number of allylic oxidation sites excluding steroid dienone is 6. The van der Waals surface area contributed by atoms with Crippen LogP contribution in [0.4, 0.5) is 0 Å². The average molecular weight is 917 g/mol. The third-order valence-corrected chi connectivity index (χ3v) is 12.4. The molecular formula is C49H89O13P. The number of carbonyl (C=O) groups excluding carboxylic acids is 2. The van der Waals surface area contributed by atoms with E-state index in [4.69, 9.17) is 18.5 Å².